The lowest BCUT2D eigenvalue weighted by atomic mass is 9.59. The van der Waals surface area contributed by atoms with E-state index >= 15 is 0 Å². The fourth-order valence-corrected chi connectivity index (χ4v) is 12.8. The van der Waals surface area contributed by atoms with Crippen LogP contribution in [-0.4, -0.2) is 107 Å². The molecule has 71 heavy (non-hydrogen) atoms. The van der Waals surface area contributed by atoms with Crippen molar-refractivity contribution in [3.05, 3.63) is 106 Å². The summed E-state index contributed by atoms with van der Waals surface area (Å²) >= 11 is 0. The topological polar surface area (TPSA) is 213 Å². The summed E-state index contributed by atoms with van der Waals surface area (Å²) in [6.07, 6.45) is 9.05. The number of nitrogens with zero attached hydrogens (tertiary/aromatic N) is 5. The molecule has 376 valence electrons. The van der Waals surface area contributed by atoms with E-state index in [0.29, 0.717) is 56.4 Å². The molecular formula is C52H61FN8O9S. The highest BCUT2D eigenvalue weighted by molar-refractivity contribution is 7.90. The highest BCUT2D eigenvalue weighted by Crippen LogP contribution is 2.53. The number of nitro groups is 1. The third-order valence-electron chi connectivity index (χ3n) is 15.9. The number of piperidine rings is 1. The molecule has 2 aliphatic carbocycles. The van der Waals surface area contributed by atoms with Crippen LogP contribution < -0.4 is 24.4 Å². The third-order valence-corrected chi connectivity index (χ3v) is 17.3. The number of carbonyl (C=O) groups excluding carboxylic acids is 2. The molecular weight excluding hydrogens is 932 g/mol. The van der Waals surface area contributed by atoms with E-state index in [0.717, 1.165) is 63.1 Å². The minimum Gasteiger partial charge on any atom is -0.489 e. The second-order valence-corrected chi connectivity index (χ2v) is 22.6. The Bertz CT molecular complexity index is 2990. The van der Waals surface area contributed by atoms with Crippen molar-refractivity contribution in [2.75, 3.05) is 49.5 Å². The molecule has 5 aliphatic rings. The van der Waals surface area contributed by atoms with E-state index in [1.54, 1.807) is 26.0 Å². The maximum absolute atomic E-state index is 14.7. The Hall–Kier alpha value is -6.31. The molecule has 5 aromatic rings. The molecule has 4 fully saturated rings. The van der Waals surface area contributed by atoms with Crippen LogP contribution in [0.4, 0.5) is 21.5 Å². The summed E-state index contributed by atoms with van der Waals surface area (Å²) < 4.78 is 57.0. The van der Waals surface area contributed by atoms with Gasteiger partial charge >= 0.3 is 0 Å². The van der Waals surface area contributed by atoms with Gasteiger partial charge in [-0.3, -0.25) is 24.6 Å². The van der Waals surface area contributed by atoms with Gasteiger partial charge in [0.05, 0.1) is 44.7 Å². The quantitative estimate of drug-likeness (QED) is 0.0724. The number of sulfonamides is 1. The maximum atomic E-state index is 14.7. The van der Waals surface area contributed by atoms with Gasteiger partial charge in [-0.2, -0.15) is 0 Å². The molecule has 2 aromatic heterocycles. The summed E-state index contributed by atoms with van der Waals surface area (Å²) in [5.41, 5.74) is 2.39. The molecule has 17 nitrogen and oxygen atoms in total. The van der Waals surface area contributed by atoms with E-state index in [9.17, 15) is 37.6 Å². The van der Waals surface area contributed by atoms with Crippen LogP contribution in [0.3, 0.4) is 0 Å². The van der Waals surface area contributed by atoms with Crippen molar-refractivity contribution in [2.45, 2.75) is 114 Å². The first-order valence-electron chi connectivity index (χ1n) is 24.7. The van der Waals surface area contributed by atoms with Crippen LogP contribution in [0.2, 0.25) is 0 Å². The number of aliphatic hydroxyl groups is 1. The number of nitro benzene ring substituents is 1. The van der Waals surface area contributed by atoms with Gasteiger partial charge in [0.15, 0.2) is 11.4 Å². The van der Waals surface area contributed by atoms with Gasteiger partial charge in [0.1, 0.15) is 29.6 Å². The van der Waals surface area contributed by atoms with Crippen molar-refractivity contribution in [1.29, 1.82) is 0 Å². The number of rotatable bonds is 11. The molecule has 2 amide bonds. The number of anilines is 2. The molecule has 2 saturated carbocycles. The van der Waals surface area contributed by atoms with Gasteiger partial charge in [0.2, 0.25) is 5.91 Å². The largest absolute Gasteiger partial charge is 0.489 e. The van der Waals surface area contributed by atoms with E-state index in [1.807, 2.05) is 4.90 Å². The lowest BCUT2D eigenvalue weighted by Gasteiger charge is -2.58. The van der Waals surface area contributed by atoms with E-state index < -0.39 is 42.9 Å². The molecule has 0 bridgehead atoms. The molecule has 10 rings (SSSR count). The standard InChI is InChI=1S/C52H61FN8O9S/c1-31(2)38-7-5-6-8-39(38)45-29-59(32(3)62)19-20-60(45)35-25-52(26-35)15-17-58(18-16-52)34-9-10-40(46(21-34)70-36-22-41-42(53)28-55-49(41)54-27-36)50(63)57-71(67,68)37-23-44(61(65)66)48-47(24-37)69-30-43(56-48)33-11-13-51(4,64)14-12-33/h5-10,21-24,27-28,31,33,35,43,45,56,64H,11-20,25-26,29-30H2,1-4H3,(H,54,55)(H,57,63)/t33-,43-,45+,51-/m1/s1. The van der Waals surface area contributed by atoms with Gasteiger partial charge in [0.25, 0.3) is 21.6 Å². The van der Waals surface area contributed by atoms with Gasteiger partial charge in [-0.15, -0.1) is 0 Å². The summed E-state index contributed by atoms with van der Waals surface area (Å²) in [7, 11) is -4.74. The Morgan fingerprint density at radius 3 is 2.49 bits per heavy atom. The second kappa shape index (κ2) is 18.7. The van der Waals surface area contributed by atoms with Crippen molar-refractivity contribution >= 4 is 49.9 Å². The Balaban J connectivity index is 0.865. The molecule has 4 N–H and O–H groups in total. The number of aromatic nitrogens is 2. The van der Waals surface area contributed by atoms with Crippen LogP contribution in [0.1, 0.15) is 113 Å². The monoisotopic (exact) mass is 992 g/mol. The molecule has 2 atom stereocenters. The minimum absolute atomic E-state index is 0.00654. The predicted molar refractivity (Wildman–Crippen MR) is 265 cm³/mol. The summed E-state index contributed by atoms with van der Waals surface area (Å²) in [5, 5.41) is 26.2. The Kier molecular flexibility index (Phi) is 12.7. The maximum Gasteiger partial charge on any atom is 0.297 e. The van der Waals surface area contributed by atoms with Crippen LogP contribution in [0, 0.1) is 27.3 Å². The van der Waals surface area contributed by atoms with E-state index in [2.05, 4.69) is 67.9 Å². The number of carbonyl (C=O) groups is 2. The molecule has 3 aliphatic heterocycles. The number of aromatic amines is 1. The number of benzene rings is 3. The number of amides is 2. The summed E-state index contributed by atoms with van der Waals surface area (Å²) in [5.74, 6) is -1.02. The summed E-state index contributed by atoms with van der Waals surface area (Å²) in [4.78, 5) is 51.8. The van der Waals surface area contributed by atoms with Crippen molar-refractivity contribution in [3.63, 3.8) is 0 Å². The minimum atomic E-state index is -4.74. The van der Waals surface area contributed by atoms with Crippen molar-refractivity contribution in [2.24, 2.45) is 11.3 Å². The normalized spacial score (nSPS) is 23.7. The molecule has 1 spiro atoms. The predicted octanol–water partition coefficient (Wildman–Crippen LogP) is 8.41. The van der Waals surface area contributed by atoms with Gasteiger partial charge in [-0.1, -0.05) is 38.1 Å². The Labute approximate surface area is 412 Å². The second-order valence-electron chi connectivity index (χ2n) is 20.9. The smallest absolute Gasteiger partial charge is 0.297 e. The lowest BCUT2D eigenvalue weighted by molar-refractivity contribution is -0.384. The van der Waals surface area contributed by atoms with E-state index in [4.69, 9.17) is 9.47 Å². The number of hydrogen-bond acceptors (Lipinski definition) is 13. The molecule has 5 heterocycles. The fraction of sp³-hybridized carbons (Fsp3) is 0.481. The zero-order valence-corrected chi connectivity index (χ0v) is 41.3. The number of pyridine rings is 1. The number of fused-ring (bicyclic) bond motifs is 2. The van der Waals surface area contributed by atoms with Crippen molar-refractivity contribution < 1.29 is 41.9 Å². The summed E-state index contributed by atoms with van der Waals surface area (Å²) in [6.45, 7) is 11.6. The molecule has 19 heteroatoms. The number of H-pyrrole nitrogens is 1. The number of ether oxygens (including phenoxy) is 2. The third kappa shape index (κ3) is 9.63. The molecule has 0 unspecified atom stereocenters. The van der Waals surface area contributed by atoms with Crippen molar-refractivity contribution in [1.82, 2.24) is 24.5 Å². The van der Waals surface area contributed by atoms with E-state index in [1.165, 1.54) is 35.7 Å². The van der Waals surface area contributed by atoms with Gasteiger partial charge in [-0.25, -0.2) is 22.5 Å². The van der Waals surface area contributed by atoms with Crippen LogP contribution in [0.5, 0.6) is 17.2 Å². The zero-order chi connectivity index (χ0) is 50.0. The first kappa shape index (κ1) is 48.3. The van der Waals surface area contributed by atoms with E-state index in [-0.39, 0.29) is 69.8 Å². The molecule has 0 radical (unpaired) electrons. The van der Waals surface area contributed by atoms with Gasteiger partial charge in [0, 0.05) is 75.8 Å². The van der Waals surface area contributed by atoms with Crippen molar-refractivity contribution in [3.8, 4) is 17.2 Å². The highest BCUT2D eigenvalue weighted by atomic mass is 32.2. The molecule has 3 aromatic carbocycles. The Morgan fingerprint density at radius 1 is 1.03 bits per heavy atom. The first-order chi connectivity index (χ1) is 33.9. The fourth-order valence-electron chi connectivity index (χ4n) is 11.8. The highest BCUT2D eigenvalue weighted by Gasteiger charge is 2.50. The summed E-state index contributed by atoms with van der Waals surface area (Å²) in [6, 6.07) is 17.2. The number of nitrogens with one attached hydrogen (secondary N) is 3. The van der Waals surface area contributed by atoms with Crippen LogP contribution >= 0.6 is 0 Å². The van der Waals surface area contributed by atoms with Crippen LogP contribution in [-0.2, 0) is 14.8 Å². The van der Waals surface area contributed by atoms with Crippen LogP contribution in [0.25, 0.3) is 11.0 Å². The zero-order valence-electron chi connectivity index (χ0n) is 40.4. The number of halogens is 1. The average Bonchev–Trinajstić information content (AvgIpc) is 3.71. The molecule has 2 saturated heterocycles. The SMILES string of the molecule is CC(=O)N1CCN(C2CC3(CCN(c4ccc(C(=O)NS(=O)(=O)c5cc6c(c([N+](=O)[O-])c5)N[C@@H]([C@H]5CC[C@](C)(O)CC5)CO6)c(Oc5cnc6[nH]cc(F)c6c5)c4)CC3)C2)[C@H](c2ccccc2C(C)C)C1. The van der Waals surface area contributed by atoms with Gasteiger partial charge < -0.3 is 34.7 Å². The van der Waals surface area contributed by atoms with Gasteiger partial charge in [-0.05, 0) is 105 Å². The van der Waals surface area contributed by atoms with Crippen LogP contribution in [0.15, 0.2) is 78.0 Å². The Morgan fingerprint density at radius 2 is 1.77 bits per heavy atom. The average molecular weight is 993 g/mol. The first-order valence-corrected chi connectivity index (χ1v) is 26.2. The lowest BCUT2D eigenvalue weighted by Crippen LogP contribution is -2.60. The number of hydrogen-bond donors (Lipinski definition) is 4. The number of piperazine rings is 1.